The van der Waals surface area contributed by atoms with E-state index in [0.717, 1.165) is 13.1 Å². The van der Waals surface area contributed by atoms with Gasteiger partial charge in [0.2, 0.25) is 0 Å². The van der Waals surface area contributed by atoms with Crippen LogP contribution in [0.1, 0.15) is 18.1 Å². The molecule has 4 heteroatoms. The summed E-state index contributed by atoms with van der Waals surface area (Å²) in [7, 11) is 1.69. The summed E-state index contributed by atoms with van der Waals surface area (Å²) in [6.45, 7) is 3.90. The Balaban J connectivity index is 2.07. The van der Waals surface area contributed by atoms with Crippen molar-refractivity contribution < 1.29 is 9.90 Å². The molecule has 1 aliphatic heterocycles. The van der Waals surface area contributed by atoms with Crippen molar-refractivity contribution in [1.29, 1.82) is 0 Å². The van der Waals surface area contributed by atoms with Crippen molar-refractivity contribution in [2.45, 2.75) is 25.6 Å². The van der Waals surface area contributed by atoms with E-state index in [1.165, 1.54) is 11.1 Å². The van der Waals surface area contributed by atoms with E-state index in [-0.39, 0.29) is 0 Å². The quantitative estimate of drug-likeness (QED) is 0.818. The minimum Gasteiger partial charge on any atom is -0.480 e. The van der Waals surface area contributed by atoms with Gasteiger partial charge in [0.15, 0.2) is 0 Å². The van der Waals surface area contributed by atoms with Crippen LogP contribution in [-0.2, 0) is 17.9 Å². The van der Waals surface area contributed by atoms with Crippen LogP contribution in [-0.4, -0.2) is 35.1 Å². The summed E-state index contributed by atoms with van der Waals surface area (Å²) in [6, 6.07) is 8.26. The monoisotopic (exact) mass is 234 g/mol. The summed E-state index contributed by atoms with van der Waals surface area (Å²) in [5.41, 5.74) is 1.72. The molecule has 0 fully saturated rings. The maximum atomic E-state index is 11.2. The highest BCUT2D eigenvalue weighted by Crippen LogP contribution is 2.23. The third-order valence-corrected chi connectivity index (χ3v) is 3.47. The fourth-order valence-corrected chi connectivity index (χ4v) is 2.22. The maximum absolute atomic E-state index is 11.2. The number of fused-ring (bicyclic) bond motifs is 1. The molecule has 0 radical (unpaired) electrons. The minimum absolute atomic E-state index is 0.507. The zero-order chi connectivity index (χ0) is 12.5. The van der Waals surface area contributed by atoms with Gasteiger partial charge < -0.3 is 10.4 Å². The molecule has 17 heavy (non-hydrogen) atoms. The van der Waals surface area contributed by atoms with E-state index in [4.69, 9.17) is 0 Å². The largest absolute Gasteiger partial charge is 0.480 e. The van der Waals surface area contributed by atoms with Gasteiger partial charge in [-0.25, -0.2) is 0 Å². The van der Waals surface area contributed by atoms with Gasteiger partial charge in [0, 0.05) is 19.6 Å². The molecule has 1 heterocycles. The molecule has 1 atom stereocenters. The lowest BCUT2D eigenvalue weighted by Gasteiger charge is -2.29. The van der Waals surface area contributed by atoms with E-state index in [1.807, 2.05) is 12.1 Å². The Morgan fingerprint density at radius 2 is 1.94 bits per heavy atom. The summed E-state index contributed by atoms with van der Waals surface area (Å²) in [5, 5.41) is 12.1. The van der Waals surface area contributed by atoms with Crippen LogP contribution in [0.25, 0.3) is 0 Å². The summed E-state index contributed by atoms with van der Waals surface area (Å²) in [5.74, 6) is -0.809. The van der Waals surface area contributed by atoms with Crippen molar-refractivity contribution in [1.82, 2.24) is 10.2 Å². The van der Waals surface area contributed by atoms with E-state index < -0.39 is 11.5 Å². The van der Waals surface area contributed by atoms with Gasteiger partial charge in [-0.05, 0) is 25.1 Å². The first kappa shape index (κ1) is 12.1. The van der Waals surface area contributed by atoms with E-state index in [2.05, 4.69) is 22.3 Å². The Kier molecular flexibility index (Phi) is 3.17. The molecule has 1 unspecified atom stereocenters. The number of rotatable bonds is 4. The Bertz CT molecular complexity index is 408. The van der Waals surface area contributed by atoms with Gasteiger partial charge in [0.25, 0.3) is 0 Å². The number of hydrogen-bond donors (Lipinski definition) is 2. The first-order chi connectivity index (χ1) is 8.05. The lowest BCUT2D eigenvalue weighted by atomic mass is 10.0. The number of benzene rings is 1. The van der Waals surface area contributed by atoms with Crippen molar-refractivity contribution in [3.63, 3.8) is 0 Å². The molecule has 1 aliphatic rings. The van der Waals surface area contributed by atoms with Crippen LogP contribution in [0.2, 0.25) is 0 Å². The zero-order valence-electron chi connectivity index (χ0n) is 10.2. The lowest BCUT2D eigenvalue weighted by Crippen LogP contribution is -2.54. The summed E-state index contributed by atoms with van der Waals surface area (Å²) >= 11 is 0. The van der Waals surface area contributed by atoms with Gasteiger partial charge in [0.05, 0.1) is 0 Å². The van der Waals surface area contributed by atoms with Gasteiger partial charge in [0.1, 0.15) is 5.54 Å². The summed E-state index contributed by atoms with van der Waals surface area (Å²) in [4.78, 5) is 13.4. The molecular weight excluding hydrogens is 216 g/mol. The first-order valence-electron chi connectivity index (χ1n) is 5.76. The number of hydrogen-bond acceptors (Lipinski definition) is 3. The van der Waals surface area contributed by atoms with Crippen molar-refractivity contribution in [3.05, 3.63) is 35.4 Å². The highest BCUT2D eigenvalue weighted by Gasteiger charge is 2.34. The second-order valence-corrected chi connectivity index (χ2v) is 4.80. The zero-order valence-corrected chi connectivity index (χ0v) is 10.2. The molecule has 2 rings (SSSR count). The van der Waals surface area contributed by atoms with Crippen molar-refractivity contribution >= 4 is 5.97 Å². The van der Waals surface area contributed by atoms with Gasteiger partial charge in [-0.2, -0.15) is 0 Å². The number of likely N-dealkylation sites (N-methyl/N-ethyl adjacent to an activating group) is 1. The number of nitrogens with zero attached hydrogens (tertiary/aromatic N) is 1. The standard InChI is InChI=1S/C13H18N2O2/c1-13(14-2,12(16)17)9-15-7-10-5-3-4-6-11(10)8-15/h3-6,14H,7-9H2,1-2H3,(H,16,17). The topological polar surface area (TPSA) is 52.6 Å². The molecule has 1 aromatic carbocycles. The molecule has 0 bridgehead atoms. The molecule has 92 valence electrons. The Morgan fingerprint density at radius 1 is 1.41 bits per heavy atom. The number of nitrogens with one attached hydrogen (secondary N) is 1. The molecule has 1 aromatic rings. The fourth-order valence-electron chi connectivity index (χ4n) is 2.22. The minimum atomic E-state index is -0.887. The average Bonchev–Trinajstić information content (AvgIpc) is 2.70. The normalized spacial score (nSPS) is 18.7. The van der Waals surface area contributed by atoms with Crippen molar-refractivity contribution in [2.75, 3.05) is 13.6 Å². The number of carbonyl (C=O) groups is 1. The molecule has 0 aromatic heterocycles. The smallest absolute Gasteiger partial charge is 0.324 e. The lowest BCUT2D eigenvalue weighted by molar-refractivity contribution is -0.144. The molecular formula is C13H18N2O2. The molecule has 4 nitrogen and oxygen atoms in total. The van der Waals surface area contributed by atoms with E-state index in [9.17, 15) is 9.90 Å². The number of carboxylic acids is 1. The molecule has 0 saturated heterocycles. The molecule has 0 saturated carbocycles. The van der Waals surface area contributed by atoms with Crippen LogP contribution >= 0.6 is 0 Å². The van der Waals surface area contributed by atoms with Gasteiger partial charge in [-0.1, -0.05) is 24.3 Å². The molecule has 2 N–H and O–H groups in total. The van der Waals surface area contributed by atoms with Crippen LogP contribution < -0.4 is 5.32 Å². The van der Waals surface area contributed by atoms with Crippen LogP contribution in [0.3, 0.4) is 0 Å². The molecule has 0 aliphatic carbocycles. The van der Waals surface area contributed by atoms with E-state index in [1.54, 1.807) is 14.0 Å². The number of aliphatic carboxylic acids is 1. The second-order valence-electron chi connectivity index (χ2n) is 4.80. The predicted molar refractivity (Wildman–Crippen MR) is 65.7 cm³/mol. The second kappa shape index (κ2) is 4.47. The van der Waals surface area contributed by atoms with Crippen LogP contribution in [0.5, 0.6) is 0 Å². The molecule has 0 spiro atoms. The number of carboxylic acid groups (broad SMARTS) is 1. The molecule has 0 amide bonds. The Morgan fingerprint density at radius 3 is 2.35 bits per heavy atom. The van der Waals surface area contributed by atoms with Gasteiger partial charge in [-0.3, -0.25) is 9.69 Å². The predicted octanol–water partition coefficient (Wildman–Crippen LogP) is 1.06. The van der Waals surface area contributed by atoms with Crippen LogP contribution in [0.4, 0.5) is 0 Å². The van der Waals surface area contributed by atoms with Crippen LogP contribution in [0.15, 0.2) is 24.3 Å². The van der Waals surface area contributed by atoms with Crippen molar-refractivity contribution in [2.24, 2.45) is 0 Å². The highest BCUT2D eigenvalue weighted by molar-refractivity contribution is 5.78. The summed E-state index contributed by atoms with van der Waals surface area (Å²) < 4.78 is 0. The first-order valence-corrected chi connectivity index (χ1v) is 5.76. The van der Waals surface area contributed by atoms with E-state index in [0.29, 0.717) is 6.54 Å². The Hall–Kier alpha value is -1.39. The van der Waals surface area contributed by atoms with Gasteiger partial charge in [-0.15, -0.1) is 0 Å². The SMILES string of the molecule is CNC(C)(CN1Cc2ccccc2C1)C(=O)O. The third kappa shape index (κ3) is 2.33. The summed E-state index contributed by atoms with van der Waals surface area (Å²) in [6.07, 6.45) is 0. The maximum Gasteiger partial charge on any atom is 0.324 e. The highest BCUT2D eigenvalue weighted by atomic mass is 16.4. The van der Waals surface area contributed by atoms with Gasteiger partial charge >= 0.3 is 5.97 Å². The third-order valence-electron chi connectivity index (χ3n) is 3.47. The van der Waals surface area contributed by atoms with Crippen LogP contribution in [0, 0.1) is 0 Å². The van der Waals surface area contributed by atoms with E-state index >= 15 is 0 Å². The average molecular weight is 234 g/mol. The fraction of sp³-hybridized carbons (Fsp3) is 0.462. The Labute approximate surface area is 101 Å². The van der Waals surface area contributed by atoms with Crippen molar-refractivity contribution in [3.8, 4) is 0 Å².